The lowest BCUT2D eigenvalue weighted by atomic mass is 9.98. The van der Waals surface area contributed by atoms with Crippen molar-refractivity contribution >= 4 is 82.7 Å². The monoisotopic (exact) mass is 913 g/mol. The second-order valence-electron chi connectivity index (χ2n) is 17.4. The lowest BCUT2D eigenvalue weighted by Crippen LogP contribution is -2.16. The van der Waals surface area contributed by atoms with Crippen molar-refractivity contribution in [1.82, 2.24) is 0 Å². The van der Waals surface area contributed by atoms with Gasteiger partial charge >= 0.3 is 0 Å². The van der Waals surface area contributed by atoms with E-state index in [0.29, 0.717) is 0 Å². The van der Waals surface area contributed by atoms with Crippen molar-refractivity contribution in [2.75, 3.05) is 14.7 Å². The van der Waals surface area contributed by atoms with Gasteiger partial charge in [0, 0.05) is 54.3 Å². The lowest BCUT2D eigenvalue weighted by molar-refractivity contribution is 1.22. The van der Waals surface area contributed by atoms with Crippen molar-refractivity contribution in [3.05, 3.63) is 285 Å². The molecule has 0 aliphatic carbocycles. The maximum absolute atomic E-state index is 2.41. The van der Waals surface area contributed by atoms with E-state index in [1.165, 1.54) is 48.0 Å². The van der Waals surface area contributed by atoms with Gasteiger partial charge in [0.2, 0.25) is 0 Å². The van der Waals surface area contributed by atoms with Gasteiger partial charge in [0.25, 0.3) is 0 Å². The SMILES string of the molecule is c1ccc(-c2cccc(-c3ccc(N(c4ccc(-c5cccc6c5sc5ccccc56)cc4)c4cc(N(c5ccccc5)c5ccccc5)cc(N(c5ccccc5)c5ccccc5)c4)cc3)c2)cc1. The highest BCUT2D eigenvalue weighted by molar-refractivity contribution is 7.26. The molecule has 0 radical (unpaired) electrons. The third-order valence-corrected chi connectivity index (χ3v) is 14.2. The highest BCUT2D eigenvalue weighted by Gasteiger charge is 2.23. The Morgan fingerprint density at radius 2 is 0.557 bits per heavy atom. The number of hydrogen-bond donors (Lipinski definition) is 0. The Bertz CT molecular complexity index is 3510. The number of rotatable bonds is 12. The topological polar surface area (TPSA) is 9.72 Å². The molecule has 12 rings (SSSR count). The van der Waals surface area contributed by atoms with Gasteiger partial charge in [-0.2, -0.15) is 0 Å². The van der Waals surface area contributed by atoms with E-state index in [0.717, 1.165) is 56.7 Å². The Hall–Kier alpha value is -8.96. The molecule has 1 aromatic heterocycles. The highest BCUT2D eigenvalue weighted by atomic mass is 32.1. The first-order valence-corrected chi connectivity index (χ1v) is 24.6. The zero-order valence-electron chi connectivity index (χ0n) is 38.4. The van der Waals surface area contributed by atoms with Crippen LogP contribution in [0.1, 0.15) is 0 Å². The molecule has 0 spiro atoms. The van der Waals surface area contributed by atoms with E-state index in [4.69, 9.17) is 0 Å². The smallest absolute Gasteiger partial charge is 0.0503 e. The van der Waals surface area contributed by atoms with Gasteiger partial charge in [0.05, 0.1) is 17.1 Å². The maximum atomic E-state index is 2.41. The van der Waals surface area contributed by atoms with Gasteiger partial charge in [0.15, 0.2) is 0 Å². The summed E-state index contributed by atoms with van der Waals surface area (Å²) in [6, 6.07) is 103. The predicted molar refractivity (Wildman–Crippen MR) is 300 cm³/mol. The Balaban J connectivity index is 1.06. The molecule has 70 heavy (non-hydrogen) atoms. The van der Waals surface area contributed by atoms with Crippen LogP contribution in [0.15, 0.2) is 285 Å². The summed E-state index contributed by atoms with van der Waals surface area (Å²) in [4.78, 5) is 7.12. The van der Waals surface area contributed by atoms with Crippen LogP contribution < -0.4 is 14.7 Å². The zero-order chi connectivity index (χ0) is 46.6. The third-order valence-electron chi connectivity index (χ3n) is 13.0. The summed E-state index contributed by atoms with van der Waals surface area (Å²) in [5.74, 6) is 0. The molecule has 0 aliphatic heterocycles. The molecule has 0 aliphatic rings. The number of thiophene rings is 1. The van der Waals surface area contributed by atoms with Crippen molar-refractivity contribution in [3.63, 3.8) is 0 Å². The minimum atomic E-state index is 1.01. The summed E-state index contributed by atoms with van der Waals surface area (Å²) >= 11 is 1.87. The van der Waals surface area contributed by atoms with Crippen LogP contribution in [-0.2, 0) is 0 Å². The van der Waals surface area contributed by atoms with E-state index in [1.807, 2.05) is 11.3 Å². The second kappa shape index (κ2) is 19.0. The van der Waals surface area contributed by atoms with Crippen molar-refractivity contribution in [2.45, 2.75) is 0 Å². The average molecular weight is 914 g/mol. The largest absolute Gasteiger partial charge is 0.310 e. The molecule has 0 atom stereocenters. The van der Waals surface area contributed by atoms with Gasteiger partial charge in [-0.05, 0) is 137 Å². The molecule has 4 heteroatoms. The molecular weight excluding hydrogens is 867 g/mol. The molecule has 0 saturated carbocycles. The van der Waals surface area contributed by atoms with Crippen molar-refractivity contribution in [2.24, 2.45) is 0 Å². The lowest BCUT2D eigenvalue weighted by Gasteiger charge is -2.33. The Labute approximate surface area is 413 Å². The standard InChI is InChI=1S/C66H47N3S/c1-6-20-48(21-7-1)51-22-18-23-52(44-51)49-36-40-57(41-37-49)69(58-42-38-50(39-43-58)62-33-19-34-64-63-32-16-17-35-65(63)70-66(62)64)61-46-59(67(53-24-8-2-9-25-53)54-26-10-3-11-27-54)45-60(47-61)68(55-28-12-4-13-29-55)56-30-14-5-15-31-56/h1-47H. The summed E-state index contributed by atoms with van der Waals surface area (Å²) in [6.45, 7) is 0. The molecule has 0 unspecified atom stereocenters. The van der Waals surface area contributed by atoms with Gasteiger partial charge < -0.3 is 14.7 Å². The Morgan fingerprint density at radius 1 is 0.214 bits per heavy atom. The van der Waals surface area contributed by atoms with Crippen LogP contribution in [0.25, 0.3) is 53.6 Å². The van der Waals surface area contributed by atoms with Crippen LogP contribution >= 0.6 is 11.3 Å². The minimum Gasteiger partial charge on any atom is -0.310 e. The van der Waals surface area contributed by atoms with Gasteiger partial charge in [-0.15, -0.1) is 11.3 Å². The van der Waals surface area contributed by atoms with E-state index in [2.05, 4.69) is 300 Å². The molecule has 3 nitrogen and oxygen atoms in total. The van der Waals surface area contributed by atoms with Crippen molar-refractivity contribution < 1.29 is 0 Å². The molecule has 0 N–H and O–H groups in total. The van der Waals surface area contributed by atoms with E-state index in [-0.39, 0.29) is 0 Å². The fourth-order valence-corrected chi connectivity index (χ4v) is 10.9. The zero-order valence-corrected chi connectivity index (χ0v) is 39.2. The molecule has 0 saturated heterocycles. The van der Waals surface area contributed by atoms with E-state index < -0.39 is 0 Å². The number of nitrogens with zero attached hydrogens (tertiary/aromatic N) is 3. The maximum Gasteiger partial charge on any atom is 0.0503 e. The second-order valence-corrected chi connectivity index (χ2v) is 18.4. The van der Waals surface area contributed by atoms with Crippen molar-refractivity contribution in [1.29, 1.82) is 0 Å². The molecule has 11 aromatic carbocycles. The number of hydrogen-bond acceptors (Lipinski definition) is 4. The molecule has 0 bridgehead atoms. The number of anilines is 9. The van der Waals surface area contributed by atoms with Crippen LogP contribution in [0.5, 0.6) is 0 Å². The summed E-state index contributed by atoms with van der Waals surface area (Å²) < 4.78 is 2.61. The summed E-state index contributed by atoms with van der Waals surface area (Å²) in [5.41, 5.74) is 16.6. The molecular formula is C66H47N3S. The van der Waals surface area contributed by atoms with Gasteiger partial charge in [-0.3, -0.25) is 0 Å². The van der Waals surface area contributed by atoms with Crippen LogP contribution in [0.4, 0.5) is 51.2 Å². The van der Waals surface area contributed by atoms with Gasteiger partial charge in [0.1, 0.15) is 0 Å². The summed E-state index contributed by atoms with van der Waals surface area (Å²) in [6.07, 6.45) is 0. The molecule has 12 aromatic rings. The Kier molecular flexibility index (Phi) is 11.5. The molecule has 1 heterocycles. The fourth-order valence-electron chi connectivity index (χ4n) is 9.69. The van der Waals surface area contributed by atoms with Crippen LogP contribution in [-0.4, -0.2) is 0 Å². The van der Waals surface area contributed by atoms with Crippen LogP contribution in [0.3, 0.4) is 0 Å². The van der Waals surface area contributed by atoms with Gasteiger partial charge in [-0.1, -0.05) is 182 Å². The first-order chi connectivity index (χ1) is 34.7. The number of benzene rings is 11. The van der Waals surface area contributed by atoms with E-state index >= 15 is 0 Å². The van der Waals surface area contributed by atoms with E-state index in [1.54, 1.807) is 0 Å². The molecule has 332 valence electrons. The summed E-state index contributed by atoms with van der Waals surface area (Å²) in [5, 5.41) is 2.60. The molecule has 0 amide bonds. The highest BCUT2D eigenvalue weighted by Crippen LogP contribution is 2.47. The van der Waals surface area contributed by atoms with Gasteiger partial charge in [-0.25, -0.2) is 0 Å². The average Bonchev–Trinajstić information content (AvgIpc) is 3.82. The quantitative estimate of drug-likeness (QED) is 0.121. The predicted octanol–water partition coefficient (Wildman–Crippen LogP) is 19.5. The Morgan fingerprint density at radius 3 is 1.03 bits per heavy atom. The third kappa shape index (κ3) is 8.38. The number of fused-ring (bicyclic) bond motifs is 3. The van der Waals surface area contributed by atoms with E-state index in [9.17, 15) is 0 Å². The van der Waals surface area contributed by atoms with Crippen molar-refractivity contribution in [3.8, 4) is 33.4 Å². The fraction of sp³-hybridized carbons (Fsp3) is 0. The number of para-hydroxylation sites is 4. The normalized spacial score (nSPS) is 11.1. The van der Waals surface area contributed by atoms with Crippen LogP contribution in [0.2, 0.25) is 0 Å². The first kappa shape index (κ1) is 42.4. The molecule has 0 fully saturated rings. The van der Waals surface area contributed by atoms with Crippen LogP contribution in [0, 0.1) is 0 Å². The first-order valence-electron chi connectivity index (χ1n) is 23.7. The minimum absolute atomic E-state index is 1.01. The summed E-state index contributed by atoms with van der Waals surface area (Å²) in [7, 11) is 0.